The van der Waals surface area contributed by atoms with Gasteiger partial charge in [-0.3, -0.25) is 0 Å². The van der Waals surface area contributed by atoms with Crippen LogP contribution in [0, 0.1) is 0 Å². The Hall–Kier alpha value is -1.05. The Morgan fingerprint density at radius 1 is 1.61 bits per heavy atom. The largest absolute Gasteiger partial charge is 0.383 e. The lowest BCUT2D eigenvalue weighted by Gasteiger charge is -2.19. The van der Waals surface area contributed by atoms with E-state index in [9.17, 15) is 0 Å². The zero-order valence-electron chi connectivity index (χ0n) is 11.0. The maximum absolute atomic E-state index is 5.68. The van der Waals surface area contributed by atoms with Gasteiger partial charge in [-0.2, -0.15) is 0 Å². The molecule has 7 heteroatoms. The number of ether oxygens (including phenoxy) is 2. The van der Waals surface area contributed by atoms with Gasteiger partial charge in [-0.1, -0.05) is 0 Å². The summed E-state index contributed by atoms with van der Waals surface area (Å²) in [6.45, 7) is 5.07. The molecule has 0 bridgehead atoms. The molecule has 0 radical (unpaired) electrons. The lowest BCUT2D eigenvalue weighted by molar-refractivity contribution is 0.0672. The van der Waals surface area contributed by atoms with Crippen LogP contribution < -0.4 is 5.32 Å². The van der Waals surface area contributed by atoms with Crippen LogP contribution in [0.3, 0.4) is 0 Å². The molecule has 1 saturated heterocycles. The maximum atomic E-state index is 5.68. The molecule has 2 unspecified atom stereocenters. The van der Waals surface area contributed by atoms with Crippen LogP contribution >= 0.6 is 0 Å². The van der Waals surface area contributed by atoms with E-state index in [4.69, 9.17) is 9.47 Å². The summed E-state index contributed by atoms with van der Waals surface area (Å²) in [5, 5.41) is 15.1. The van der Waals surface area contributed by atoms with Crippen molar-refractivity contribution in [1.82, 2.24) is 25.5 Å². The Morgan fingerprint density at radius 2 is 2.50 bits per heavy atom. The van der Waals surface area contributed by atoms with Gasteiger partial charge in [0.1, 0.15) is 0 Å². The summed E-state index contributed by atoms with van der Waals surface area (Å²) in [5.74, 6) is 0.842. The Morgan fingerprint density at radius 3 is 3.22 bits per heavy atom. The van der Waals surface area contributed by atoms with E-state index in [1.54, 1.807) is 7.11 Å². The lowest BCUT2D eigenvalue weighted by Crippen LogP contribution is -2.27. The minimum absolute atomic E-state index is 0.182. The quantitative estimate of drug-likeness (QED) is 0.699. The van der Waals surface area contributed by atoms with Gasteiger partial charge >= 0.3 is 0 Å². The fraction of sp³-hybridized carbons (Fsp3) is 0.909. The van der Waals surface area contributed by atoms with Gasteiger partial charge in [0.05, 0.1) is 25.3 Å². The van der Waals surface area contributed by atoms with E-state index in [0.717, 1.165) is 31.8 Å². The molecule has 0 aromatic carbocycles. The third kappa shape index (κ3) is 3.24. The summed E-state index contributed by atoms with van der Waals surface area (Å²) in [7, 11) is 1.69. The van der Waals surface area contributed by atoms with Crippen molar-refractivity contribution in [3.05, 3.63) is 5.82 Å². The van der Waals surface area contributed by atoms with Crippen LogP contribution in [0.4, 0.5) is 0 Å². The molecule has 1 N–H and O–H groups in total. The number of aromatic nitrogens is 4. The third-order valence-corrected chi connectivity index (χ3v) is 3.22. The highest BCUT2D eigenvalue weighted by molar-refractivity contribution is 4.86. The second-order valence-corrected chi connectivity index (χ2v) is 4.50. The predicted molar refractivity (Wildman–Crippen MR) is 65.1 cm³/mol. The van der Waals surface area contributed by atoms with Crippen molar-refractivity contribution in [3.8, 4) is 0 Å². The molecule has 1 aliphatic rings. The Kier molecular flexibility index (Phi) is 5.03. The smallest absolute Gasteiger partial charge is 0.165 e. The standard InChI is InChI=1S/C11H21N5O2/c1-9(10-4-3-6-18-10)16-11(13-14-15-16)8-12-5-7-17-2/h9-10,12H,3-8H2,1-2H3. The van der Waals surface area contributed by atoms with E-state index in [2.05, 4.69) is 27.8 Å². The Balaban J connectivity index is 1.89. The normalized spacial score (nSPS) is 21.3. The van der Waals surface area contributed by atoms with Crippen molar-refractivity contribution in [2.45, 2.75) is 38.5 Å². The van der Waals surface area contributed by atoms with Crippen molar-refractivity contribution in [1.29, 1.82) is 0 Å². The highest BCUT2D eigenvalue weighted by Crippen LogP contribution is 2.23. The van der Waals surface area contributed by atoms with Gasteiger partial charge in [0.15, 0.2) is 5.82 Å². The summed E-state index contributed by atoms with van der Waals surface area (Å²) in [5.41, 5.74) is 0. The van der Waals surface area contributed by atoms with Crippen molar-refractivity contribution in [3.63, 3.8) is 0 Å². The molecule has 7 nitrogen and oxygen atoms in total. The molecule has 18 heavy (non-hydrogen) atoms. The summed E-state index contributed by atoms with van der Waals surface area (Å²) < 4.78 is 12.5. The van der Waals surface area contributed by atoms with E-state index in [1.807, 2.05) is 4.68 Å². The van der Waals surface area contributed by atoms with Gasteiger partial charge in [0, 0.05) is 20.3 Å². The minimum atomic E-state index is 0.182. The summed E-state index contributed by atoms with van der Waals surface area (Å²) in [4.78, 5) is 0. The van der Waals surface area contributed by atoms with Crippen LogP contribution in [0.1, 0.15) is 31.6 Å². The average molecular weight is 255 g/mol. The monoisotopic (exact) mass is 255 g/mol. The number of tetrazole rings is 1. The highest BCUT2D eigenvalue weighted by atomic mass is 16.5. The Bertz CT molecular complexity index is 351. The van der Waals surface area contributed by atoms with Gasteiger partial charge in [-0.15, -0.1) is 5.10 Å². The maximum Gasteiger partial charge on any atom is 0.165 e. The minimum Gasteiger partial charge on any atom is -0.383 e. The highest BCUT2D eigenvalue weighted by Gasteiger charge is 2.26. The molecule has 1 aromatic rings. The molecule has 0 saturated carbocycles. The summed E-state index contributed by atoms with van der Waals surface area (Å²) in [6, 6.07) is 0.182. The van der Waals surface area contributed by atoms with Crippen molar-refractivity contribution >= 4 is 0 Å². The molecule has 2 heterocycles. The summed E-state index contributed by atoms with van der Waals surface area (Å²) in [6.07, 6.45) is 2.43. The molecule has 0 spiro atoms. The van der Waals surface area contributed by atoms with Crippen LogP contribution in [-0.4, -0.2) is 53.2 Å². The predicted octanol–water partition coefficient (Wildman–Crippen LogP) is 0.149. The number of methoxy groups -OCH3 is 1. The van der Waals surface area contributed by atoms with Crippen molar-refractivity contribution in [2.75, 3.05) is 26.9 Å². The van der Waals surface area contributed by atoms with Crippen LogP contribution in [0.5, 0.6) is 0 Å². The second kappa shape index (κ2) is 6.77. The Labute approximate surface area is 107 Å². The van der Waals surface area contributed by atoms with Gasteiger partial charge in [-0.05, 0) is 30.2 Å². The van der Waals surface area contributed by atoms with E-state index >= 15 is 0 Å². The molecular weight excluding hydrogens is 234 g/mol. The molecule has 2 rings (SSSR count). The average Bonchev–Trinajstić information content (AvgIpc) is 3.04. The van der Waals surface area contributed by atoms with Crippen LogP contribution in [0.15, 0.2) is 0 Å². The van der Waals surface area contributed by atoms with Gasteiger partial charge in [0.2, 0.25) is 0 Å². The van der Waals surface area contributed by atoms with Crippen molar-refractivity contribution in [2.24, 2.45) is 0 Å². The molecule has 2 atom stereocenters. The first-order valence-corrected chi connectivity index (χ1v) is 6.41. The zero-order chi connectivity index (χ0) is 12.8. The first kappa shape index (κ1) is 13.4. The topological polar surface area (TPSA) is 74.1 Å². The first-order chi connectivity index (χ1) is 8.83. The zero-order valence-corrected chi connectivity index (χ0v) is 11.0. The molecule has 1 fully saturated rings. The number of nitrogens with one attached hydrogen (secondary N) is 1. The second-order valence-electron chi connectivity index (χ2n) is 4.50. The van der Waals surface area contributed by atoms with Crippen LogP contribution in [-0.2, 0) is 16.0 Å². The van der Waals surface area contributed by atoms with Gasteiger partial charge in [-0.25, -0.2) is 4.68 Å². The third-order valence-electron chi connectivity index (χ3n) is 3.22. The fourth-order valence-electron chi connectivity index (χ4n) is 2.16. The van der Waals surface area contributed by atoms with E-state index < -0.39 is 0 Å². The SMILES string of the molecule is COCCNCc1nnnn1C(C)C1CCCO1. The molecule has 0 amide bonds. The van der Waals surface area contributed by atoms with Crippen LogP contribution in [0.2, 0.25) is 0 Å². The van der Waals surface area contributed by atoms with Gasteiger partial charge in [0.25, 0.3) is 0 Å². The molecular formula is C11H21N5O2. The summed E-state index contributed by atoms with van der Waals surface area (Å²) >= 11 is 0. The fourth-order valence-corrected chi connectivity index (χ4v) is 2.16. The molecule has 102 valence electrons. The number of rotatable bonds is 7. The molecule has 0 aliphatic carbocycles. The van der Waals surface area contributed by atoms with Crippen molar-refractivity contribution < 1.29 is 9.47 Å². The van der Waals surface area contributed by atoms with Crippen LogP contribution in [0.25, 0.3) is 0 Å². The van der Waals surface area contributed by atoms with E-state index in [-0.39, 0.29) is 12.1 Å². The van der Waals surface area contributed by atoms with Gasteiger partial charge < -0.3 is 14.8 Å². The lowest BCUT2D eigenvalue weighted by atomic mass is 10.1. The molecule has 1 aliphatic heterocycles. The van der Waals surface area contributed by atoms with E-state index in [1.165, 1.54) is 0 Å². The first-order valence-electron chi connectivity index (χ1n) is 6.41. The molecule has 1 aromatic heterocycles. The number of hydrogen-bond donors (Lipinski definition) is 1. The number of hydrogen-bond acceptors (Lipinski definition) is 6. The van der Waals surface area contributed by atoms with E-state index in [0.29, 0.717) is 13.2 Å². The number of nitrogens with zero attached hydrogens (tertiary/aromatic N) is 4.